The third kappa shape index (κ3) is 5.78. The Balaban J connectivity index is 1.57. The monoisotopic (exact) mass is 388 g/mol. The van der Waals surface area contributed by atoms with E-state index in [4.69, 9.17) is 11.6 Å². The first-order chi connectivity index (χ1) is 12.6. The highest BCUT2D eigenvalue weighted by Gasteiger charge is 2.23. The van der Waals surface area contributed by atoms with Crippen LogP contribution in [0, 0.1) is 0 Å². The van der Waals surface area contributed by atoms with Crippen molar-refractivity contribution in [2.24, 2.45) is 0 Å². The van der Waals surface area contributed by atoms with Gasteiger partial charge in [0, 0.05) is 11.1 Å². The Bertz CT molecular complexity index is 748. The summed E-state index contributed by atoms with van der Waals surface area (Å²) < 4.78 is 0. The molecule has 0 spiro atoms. The summed E-state index contributed by atoms with van der Waals surface area (Å²) in [6.07, 6.45) is 2.07. The van der Waals surface area contributed by atoms with Crippen LogP contribution in [0.4, 0.5) is 0 Å². The lowest BCUT2D eigenvalue weighted by Crippen LogP contribution is -2.38. The van der Waals surface area contributed by atoms with Crippen LogP contribution in [0.5, 0.6) is 0 Å². The molecule has 3 rings (SSSR count). The highest BCUT2D eigenvalue weighted by molar-refractivity contribution is 8.00. The van der Waals surface area contributed by atoms with Crippen LogP contribution >= 0.6 is 23.4 Å². The lowest BCUT2D eigenvalue weighted by atomic mass is 10.0. The Labute approximate surface area is 162 Å². The standard InChI is InChI=1S/C20H21ClN2O2S/c21-16-8-6-15(7-9-16)20(14-4-2-1-3-5-14)26-13-19(25)22-12-18(24)23-17-10-11-17/h1-9,17,20H,10-13H2,(H,22,25)(H,23,24)/t20-/m0/s1. The van der Waals surface area contributed by atoms with Crippen molar-refractivity contribution in [1.82, 2.24) is 10.6 Å². The Kier molecular flexibility index (Phi) is 6.58. The molecule has 1 aliphatic rings. The van der Waals surface area contributed by atoms with E-state index in [0.717, 1.165) is 24.0 Å². The highest BCUT2D eigenvalue weighted by atomic mass is 35.5. The van der Waals surface area contributed by atoms with Crippen LogP contribution in [0.25, 0.3) is 0 Å². The van der Waals surface area contributed by atoms with Gasteiger partial charge < -0.3 is 10.6 Å². The number of halogens is 1. The van der Waals surface area contributed by atoms with Crippen molar-refractivity contribution < 1.29 is 9.59 Å². The van der Waals surface area contributed by atoms with Crippen LogP contribution < -0.4 is 10.6 Å². The molecule has 0 unspecified atom stereocenters. The number of carbonyl (C=O) groups excluding carboxylic acids is 2. The van der Waals surface area contributed by atoms with Gasteiger partial charge in [-0.2, -0.15) is 0 Å². The Morgan fingerprint density at radius 2 is 1.65 bits per heavy atom. The maximum absolute atomic E-state index is 12.1. The largest absolute Gasteiger partial charge is 0.352 e. The van der Waals surface area contributed by atoms with Crippen LogP contribution in [0.2, 0.25) is 5.02 Å². The number of thioether (sulfide) groups is 1. The second-order valence-electron chi connectivity index (χ2n) is 6.27. The Morgan fingerprint density at radius 3 is 2.31 bits per heavy atom. The summed E-state index contributed by atoms with van der Waals surface area (Å²) in [5, 5.41) is 6.26. The SMILES string of the molecule is O=C(CS[C@@H](c1ccccc1)c1ccc(Cl)cc1)NCC(=O)NC1CC1. The Morgan fingerprint density at radius 1 is 1.00 bits per heavy atom. The zero-order valence-corrected chi connectivity index (χ0v) is 15.9. The van der Waals surface area contributed by atoms with Gasteiger partial charge in [-0.1, -0.05) is 54.1 Å². The van der Waals surface area contributed by atoms with Crippen molar-refractivity contribution in [3.63, 3.8) is 0 Å². The molecule has 0 bridgehead atoms. The van der Waals surface area contributed by atoms with Crippen LogP contribution in [-0.4, -0.2) is 30.2 Å². The molecule has 2 amide bonds. The average molecular weight is 389 g/mol. The molecule has 1 aliphatic carbocycles. The predicted molar refractivity (Wildman–Crippen MR) is 106 cm³/mol. The van der Waals surface area contributed by atoms with Crippen molar-refractivity contribution in [3.05, 3.63) is 70.7 Å². The van der Waals surface area contributed by atoms with Crippen LogP contribution in [0.15, 0.2) is 54.6 Å². The van der Waals surface area contributed by atoms with Gasteiger partial charge in [-0.05, 0) is 36.1 Å². The van der Waals surface area contributed by atoms with E-state index < -0.39 is 0 Å². The summed E-state index contributed by atoms with van der Waals surface area (Å²) in [7, 11) is 0. The molecule has 0 aliphatic heterocycles. The molecule has 1 atom stereocenters. The zero-order valence-electron chi connectivity index (χ0n) is 14.3. The molecule has 6 heteroatoms. The van der Waals surface area contributed by atoms with Crippen LogP contribution in [0.3, 0.4) is 0 Å². The van der Waals surface area contributed by atoms with Gasteiger partial charge in [-0.3, -0.25) is 9.59 Å². The van der Waals surface area contributed by atoms with Crippen molar-refractivity contribution in [3.8, 4) is 0 Å². The van der Waals surface area contributed by atoms with Gasteiger partial charge >= 0.3 is 0 Å². The molecule has 0 saturated heterocycles. The fourth-order valence-corrected chi connectivity index (χ4v) is 3.79. The molecule has 0 aromatic heterocycles. The van der Waals surface area contributed by atoms with Crippen molar-refractivity contribution in [2.75, 3.05) is 12.3 Å². The normalized spacial score (nSPS) is 14.5. The first-order valence-corrected chi connectivity index (χ1v) is 10.0. The summed E-state index contributed by atoms with van der Waals surface area (Å²) in [6, 6.07) is 18.0. The van der Waals surface area contributed by atoms with Gasteiger partial charge in [-0.15, -0.1) is 11.8 Å². The van der Waals surface area contributed by atoms with Crippen LogP contribution in [0.1, 0.15) is 29.2 Å². The van der Waals surface area contributed by atoms with E-state index in [1.54, 1.807) is 0 Å². The molecule has 2 N–H and O–H groups in total. The number of nitrogens with one attached hydrogen (secondary N) is 2. The third-order valence-corrected chi connectivity index (χ3v) is 5.60. The molecule has 26 heavy (non-hydrogen) atoms. The van der Waals surface area contributed by atoms with Gasteiger partial charge in [-0.25, -0.2) is 0 Å². The number of carbonyl (C=O) groups is 2. The predicted octanol–water partition coefficient (Wildman–Crippen LogP) is 3.56. The van der Waals surface area contributed by atoms with Crippen molar-refractivity contribution in [1.29, 1.82) is 0 Å². The van der Waals surface area contributed by atoms with Crippen molar-refractivity contribution in [2.45, 2.75) is 24.1 Å². The molecule has 1 saturated carbocycles. The lowest BCUT2D eigenvalue weighted by molar-refractivity contribution is -0.124. The molecule has 2 aromatic rings. The molecule has 136 valence electrons. The number of benzene rings is 2. The van der Waals surface area contributed by atoms with E-state index >= 15 is 0 Å². The van der Waals surface area contributed by atoms with E-state index in [-0.39, 0.29) is 29.4 Å². The zero-order chi connectivity index (χ0) is 18.4. The second-order valence-corrected chi connectivity index (χ2v) is 7.80. The fraction of sp³-hybridized carbons (Fsp3) is 0.300. The summed E-state index contributed by atoms with van der Waals surface area (Å²) >= 11 is 7.53. The quantitative estimate of drug-likeness (QED) is 0.727. The number of rotatable bonds is 8. The van der Waals surface area contributed by atoms with Gasteiger partial charge in [0.25, 0.3) is 0 Å². The molecular weight excluding hydrogens is 368 g/mol. The van der Waals surface area contributed by atoms with E-state index in [1.165, 1.54) is 11.8 Å². The smallest absolute Gasteiger partial charge is 0.239 e. The molecule has 4 nitrogen and oxygen atoms in total. The van der Waals surface area contributed by atoms with Crippen LogP contribution in [-0.2, 0) is 9.59 Å². The van der Waals surface area contributed by atoms with Gasteiger partial charge in [0.15, 0.2) is 0 Å². The minimum Gasteiger partial charge on any atom is -0.352 e. The molecule has 0 radical (unpaired) electrons. The van der Waals surface area contributed by atoms with Crippen molar-refractivity contribution >= 4 is 35.2 Å². The van der Waals surface area contributed by atoms with E-state index in [2.05, 4.69) is 10.6 Å². The molecule has 2 aromatic carbocycles. The third-order valence-electron chi connectivity index (χ3n) is 4.04. The number of amides is 2. The topological polar surface area (TPSA) is 58.2 Å². The summed E-state index contributed by atoms with van der Waals surface area (Å²) in [5.74, 6) is 0.0119. The van der Waals surface area contributed by atoms with E-state index in [0.29, 0.717) is 11.1 Å². The van der Waals surface area contributed by atoms with Gasteiger partial charge in [0.2, 0.25) is 11.8 Å². The number of hydrogen-bond donors (Lipinski definition) is 2. The summed E-state index contributed by atoms with van der Waals surface area (Å²) in [4.78, 5) is 23.8. The average Bonchev–Trinajstić information content (AvgIpc) is 3.46. The maximum Gasteiger partial charge on any atom is 0.239 e. The maximum atomic E-state index is 12.1. The molecular formula is C20H21ClN2O2S. The van der Waals surface area contributed by atoms with Gasteiger partial charge in [0.1, 0.15) is 0 Å². The molecule has 0 heterocycles. The van der Waals surface area contributed by atoms with E-state index in [9.17, 15) is 9.59 Å². The summed E-state index contributed by atoms with van der Waals surface area (Å²) in [5.41, 5.74) is 2.21. The minimum atomic E-state index is -0.143. The molecule has 1 fully saturated rings. The first-order valence-electron chi connectivity index (χ1n) is 8.60. The fourth-order valence-electron chi connectivity index (χ4n) is 2.55. The first kappa shape index (κ1) is 18.8. The van der Waals surface area contributed by atoms with E-state index in [1.807, 2.05) is 54.6 Å². The minimum absolute atomic E-state index is 0.0273. The highest BCUT2D eigenvalue weighted by Crippen LogP contribution is 2.35. The van der Waals surface area contributed by atoms with Gasteiger partial charge in [0.05, 0.1) is 17.5 Å². The Hall–Kier alpha value is -1.98. The number of hydrogen-bond acceptors (Lipinski definition) is 3. The summed E-state index contributed by atoms with van der Waals surface area (Å²) in [6.45, 7) is 0.0346. The lowest BCUT2D eigenvalue weighted by Gasteiger charge is -2.17. The second kappa shape index (κ2) is 9.10.